The van der Waals surface area contributed by atoms with Gasteiger partial charge in [-0.05, 0) is 113 Å². The highest BCUT2D eigenvalue weighted by Gasteiger charge is 2.18. The summed E-state index contributed by atoms with van der Waals surface area (Å²) in [5.41, 5.74) is 3.05. The van der Waals surface area contributed by atoms with E-state index in [1.54, 1.807) is 0 Å². The fourth-order valence-corrected chi connectivity index (χ4v) is 6.83. The molecule has 10 aromatic rings. The summed E-state index contributed by atoms with van der Waals surface area (Å²) in [4.78, 5) is 0. The molecule has 0 unspecified atom stereocenters. The van der Waals surface area contributed by atoms with Gasteiger partial charge in [0.05, 0.1) is 15.1 Å². The first-order valence-electron chi connectivity index (χ1n) is 20.8. The van der Waals surface area contributed by atoms with Crippen molar-refractivity contribution in [1.29, 1.82) is 0 Å². The van der Waals surface area contributed by atoms with Crippen molar-refractivity contribution in [1.82, 2.24) is 0 Å². The highest BCUT2D eigenvalue weighted by molar-refractivity contribution is 6.22. The summed E-state index contributed by atoms with van der Waals surface area (Å²) < 4.78 is 104. The highest BCUT2D eigenvalue weighted by Crippen LogP contribution is 2.45. The summed E-state index contributed by atoms with van der Waals surface area (Å²) in [6.07, 6.45) is 0. The van der Waals surface area contributed by atoms with Crippen LogP contribution in [0.3, 0.4) is 0 Å². The highest BCUT2D eigenvalue weighted by atomic mass is 16.3. The van der Waals surface area contributed by atoms with E-state index in [0.29, 0.717) is 16.3 Å². The van der Waals surface area contributed by atoms with E-state index in [0.717, 1.165) is 54.6 Å². The summed E-state index contributed by atoms with van der Waals surface area (Å²) in [5.74, 6) is 0. The number of rotatable bonds is 3. The van der Waals surface area contributed by atoms with E-state index < -0.39 is 66.5 Å². The van der Waals surface area contributed by atoms with Crippen LogP contribution in [0, 0.1) is 0 Å². The van der Waals surface area contributed by atoms with Crippen molar-refractivity contribution < 1.29 is 19.5 Å². The quantitative estimate of drug-likeness (QED) is 0.182. The van der Waals surface area contributed by atoms with Crippen molar-refractivity contribution in [2.45, 2.75) is 0 Å². The number of fused-ring (bicyclic) bond motifs is 7. The Labute approximate surface area is 287 Å². The first-order valence-corrected chi connectivity index (χ1v) is 15.3. The molecular weight excluding hydrogens is 569 g/mol. The predicted molar refractivity (Wildman–Crippen MR) is 200 cm³/mol. The Bertz CT molecular complexity index is 3420. The largest absolute Gasteiger partial charge is 0.456 e. The van der Waals surface area contributed by atoms with Gasteiger partial charge in [0, 0.05) is 10.8 Å². The lowest BCUT2D eigenvalue weighted by molar-refractivity contribution is 0.669. The molecule has 10 rings (SSSR count). The minimum absolute atomic E-state index is 0.00139. The van der Waals surface area contributed by atoms with Crippen molar-refractivity contribution in [2.24, 2.45) is 0 Å². The molecule has 1 nitrogen and oxygen atoms in total. The van der Waals surface area contributed by atoms with E-state index in [9.17, 15) is 4.11 Å². The normalized spacial score (nSPS) is 15.1. The molecule has 0 aliphatic carbocycles. The van der Waals surface area contributed by atoms with Crippen LogP contribution in [-0.4, -0.2) is 0 Å². The molecule has 218 valence electrons. The van der Waals surface area contributed by atoms with Gasteiger partial charge in [-0.15, -0.1) is 0 Å². The van der Waals surface area contributed by atoms with Gasteiger partial charge in [0.15, 0.2) is 0 Å². The van der Waals surface area contributed by atoms with Crippen LogP contribution >= 0.6 is 0 Å². The van der Waals surface area contributed by atoms with Crippen LogP contribution in [0.15, 0.2) is 174 Å². The third kappa shape index (κ3) is 4.10. The smallest absolute Gasteiger partial charge is 0.136 e. The molecule has 0 N–H and O–H groups in total. The molecule has 0 bridgehead atoms. The Morgan fingerprint density at radius 3 is 1.70 bits per heavy atom. The lowest BCUT2D eigenvalue weighted by Crippen LogP contribution is -1.91. The van der Waals surface area contributed by atoms with Crippen LogP contribution in [0.2, 0.25) is 0 Å². The van der Waals surface area contributed by atoms with Gasteiger partial charge < -0.3 is 4.42 Å². The molecule has 9 aromatic carbocycles. The van der Waals surface area contributed by atoms with E-state index >= 15 is 0 Å². The van der Waals surface area contributed by atoms with Crippen molar-refractivity contribution in [3.05, 3.63) is 170 Å². The summed E-state index contributed by atoms with van der Waals surface area (Å²) in [7, 11) is 0. The molecule has 1 aromatic heterocycles. The second-order valence-corrected chi connectivity index (χ2v) is 11.6. The van der Waals surface area contributed by atoms with Crippen LogP contribution in [0.1, 0.15) is 15.1 Å². The maximum absolute atomic E-state index is 9.71. The van der Waals surface area contributed by atoms with E-state index in [4.69, 9.17) is 15.4 Å². The first kappa shape index (κ1) is 17.5. The van der Waals surface area contributed by atoms with Crippen molar-refractivity contribution >= 4 is 65.0 Å². The zero-order chi connectivity index (χ0) is 40.5. The molecule has 0 aliphatic heterocycles. The minimum atomic E-state index is -0.624. The maximum atomic E-state index is 9.71. The molecule has 0 aliphatic rings. The molecular formula is C46H28O. The van der Waals surface area contributed by atoms with E-state index in [2.05, 4.69) is 24.3 Å². The fraction of sp³-hybridized carbons (Fsp3) is 0. The van der Waals surface area contributed by atoms with Gasteiger partial charge in [-0.25, -0.2) is 0 Å². The van der Waals surface area contributed by atoms with Crippen LogP contribution in [-0.2, 0) is 0 Å². The van der Waals surface area contributed by atoms with Crippen molar-refractivity contribution in [2.75, 3.05) is 0 Å². The summed E-state index contributed by atoms with van der Waals surface area (Å²) in [6.45, 7) is 0. The van der Waals surface area contributed by atoms with Gasteiger partial charge in [-0.1, -0.05) is 133 Å². The zero-order valence-electron chi connectivity index (χ0n) is 35.7. The second kappa shape index (κ2) is 10.2. The van der Waals surface area contributed by atoms with Gasteiger partial charge in [-0.3, -0.25) is 0 Å². The van der Waals surface area contributed by atoms with Gasteiger partial charge in [0.2, 0.25) is 0 Å². The zero-order valence-corrected chi connectivity index (χ0v) is 24.7. The standard InChI is InChI=1S/C46H28O/c1-2-11-30-24-34(21-20-29(30)10-1)31-14-9-15-35(25-31)45-37-16-5-7-18-39(37)46(40-19-8-6-17-38(40)45)36-22-23-43-41(27-36)42-26-32-12-3-4-13-33(32)28-44(42)47-43/h1-28H/i1D,2D,9D,10D,11D,14D,15D,20D,21D,24D,25D. The molecule has 1 heterocycles. The molecule has 0 radical (unpaired) electrons. The number of hydrogen-bond donors (Lipinski definition) is 0. The monoisotopic (exact) mass is 607 g/mol. The summed E-state index contributed by atoms with van der Waals surface area (Å²) in [5, 5.41) is 6.38. The van der Waals surface area contributed by atoms with Crippen LogP contribution in [0.5, 0.6) is 0 Å². The van der Waals surface area contributed by atoms with E-state index in [-0.39, 0.29) is 27.5 Å². The number of hydrogen-bond acceptors (Lipinski definition) is 1. The molecule has 0 spiro atoms. The summed E-state index contributed by atoms with van der Waals surface area (Å²) >= 11 is 0. The fourth-order valence-electron chi connectivity index (χ4n) is 6.83. The minimum Gasteiger partial charge on any atom is -0.456 e. The Morgan fingerprint density at radius 2 is 0.957 bits per heavy atom. The third-order valence-electron chi connectivity index (χ3n) is 8.93. The third-order valence-corrected chi connectivity index (χ3v) is 8.93. The van der Waals surface area contributed by atoms with Gasteiger partial charge in [0.25, 0.3) is 0 Å². The molecule has 0 fully saturated rings. The molecule has 0 atom stereocenters. The Balaban J connectivity index is 1.29. The van der Waals surface area contributed by atoms with Gasteiger partial charge in [-0.2, -0.15) is 0 Å². The Morgan fingerprint density at radius 1 is 0.362 bits per heavy atom. The maximum Gasteiger partial charge on any atom is 0.136 e. The lowest BCUT2D eigenvalue weighted by atomic mass is 9.85. The summed E-state index contributed by atoms with van der Waals surface area (Å²) in [6, 6.07) is 27.5. The van der Waals surface area contributed by atoms with Gasteiger partial charge >= 0.3 is 0 Å². The van der Waals surface area contributed by atoms with Gasteiger partial charge in [0.1, 0.15) is 11.2 Å². The lowest BCUT2D eigenvalue weighted by Gasteiger charge is -2.18. The average molecular weight is 608 g/mol. The molecule has 0 amide bonds. The van der Waals surface area contributed by atoms with Crippen molar-refractivity contribution in [3.8, 4) is 33.4 Å². The topological polar surface area (TPSA) is 13.1 Å². The molecule has 1 heteroatoms. The average Bonchev–Trinajstić information content (AvgIpc) is 3.59. The number of furan rings is 1. The second-order valence-electron chi connectivity index (χ2n) is 11.6. The Hall–Kier alpha value is -6.18. The SMILES string of the molecule is [2H]c1c([2H])c(-c2c([2H])c([2H])c3c([2H])c([2H])c([2H])c([2H])c3c2[2H])c([2H])c(-c2c3ccccc3c(-c3ccc4oc5cc6ccccc6cc5c4c3)c3ccccc23)c1[2H]. The predicted octanol–water partition coefficient (Wildman–Crippen LogP) is 13.2. The van der Waals surface area contributed by atoms with Crippen LogP contribution in [0.4, 0.5) is 0 Å². The van der Waals surface area contributed by atoms with Crippen LogP contribution in [0.25, 0.3) is 98.4 Å². The number of benzene rings is 9. The molecule has 0 saturated carbocycles. The van der Waals surface area contributed by atoms with Crippen molar-refractivity contribution in [3.63, 3.8) is 0 Å². The first-order chi connectivity index (χ1) is 27.9. The van der Waals surface area contributed by atoms with E-state index in [1.807, 2.05) is 78.9 Å². The molecule has 47 heavy (non-hydrogen) atoms. The molecule has 0 saturated heterocycles. The Kier molecular flexibility index (Phi) is 3.79. The van der Waals surface area contributed by atoms with E-state index in [1.165, 1.54) is 0 Å². The van der Waals surface area contributed by atoms with Crippen LogP contribution < -0.4 is 0 Å².